The molecular formula is C18H22ClN3O2S. The van der Waals surface area contributed by atoms with Crippen molar-refractivity contribution in [3.05, 3.63) is 29.3 Å². The monoisotopic (exact) mass is 379 g/mol. The summed E-state index contributed by atoms with van der Waals surface area (Å²) >= 11 is 7.54. The summed E-state index contributed by atoms with van der Waals surface area (Å²) in [6, 6.07) is 7.53. The number of carbonyl (C=O) groups excluding carboxylic acids is 2. The smallest absolute Gasteiger partial charge is 0.254 e. The number of aliphatic imine (C=N–C) groups is 1. The Labute approximate surface area is 157 Å². The third-order valence-corrected chi connectivity index (χ3v) is 5.91. The molecule has 2 amide bonds. The lowest BCUT2D eigenvalue weighted by atomic mass is 10.0. The van der Waals surface area contributed by atoms with Crippen molar-refractivity contribution in [2.24, 2.45) is 4.99 Å². The lowest BCUT2D eigenvalue weighted by Crippen LogP contribution is -2.44. The normalized spacial score (nSPS) is 20.8. The Balaban J connectivity index is 1.67. The third-order valence-electron chi connectivity index (χ3n) is 4.63. The molecule has 1 atom stereocenters. The van der Waals surface area contributed by atoms with E-state index in [1.165, 1.54) is 23.1 Å². The lowest BCUT2D eigenvalue weighted by Gasteiger charge is -2.35. The first-order valence-electron chi connectivity index (χ1n) is 8.66. The number of hydrogen-bond acceptors (Lipinski definition) is 4. The summed E-state index contributed by atoms with van der Waals surface area (Å²) in [4.78, 5) is 32.7. The van der Waals surface area contributed by atoms with Crippen LogP contribution in [-0.4, -0.2) is 46.8 Å². The van der Waals surface area contributed by atoms with E-state index in [4.69, 9.17) is 11.6 Å². The van der Waals surface area contributed by atoms with E-state index in [0.717, 1.165) is 25.8 Å². The van der Waals surface area contributed by atoms with E-state index in [-0.39, 0.29) is 18.4 Å². The Morgan fingerprint density at radius 2 is 2.16 bits per heavy atom. The molecule has 5 nitrogen and oxygen atoms in total. The van der Waals surface area contributed by atoms with Crippen LogP contribution in [-0.2, 0) is 9.59 Å². The number of piperidine rings is 1. The molecule has 1 aromatic carbocycles. The molecule has 0 aliphatic carbocycles. The fourth-order valence-electron chi connectivity index (χ4n) is 3.33. The molecule has 3 rings (SSSR count). The fourth-order valence-corrected chi connectivity index (χ4v) is 4.45. The average Bonchev–Trinajstić information content (AvgIpc) is 3.00. The largest absolute Gasteiger partial charge is 0.339 e. The van der Waals surface area contributed by atoms with Crippen molar-refractivity contribution in [3.63, 3.8) is 0 Å². The second-order valence-corrected chi connectivity index (χ2v) is 7.56. The highest BCUT2D eigenvalue weighted by molar-refractivity contribution is 8.14. The van der Waals surface area contributed by atoms with Crippen LogP contribution in [0.5, 0.6) is 0 Å². The molecule has 1 saturated heterocycles. The molecule has 0 N–H and O–H groups in total. The summed E-state index contributed by atoms with van der Waals surface area (Å²) in [5, 5.41) is 1.05. The maximum atomic E-state index is 12.6. The van der Waals surface area contributed by atoms with Gasteiger partial charge in [0, 0.05) is 12.6 Å². The van der Waals surface area contributed by atoms with Crippen molar-refractivity contribution < 1.29 is 9.59 Å². The topological polar surface area (TPSA) is 53.0 Å². The molecule has 0 aromatic heterocycles. The molecule has 134 valence electrons. The minimum atomic E-state index is -0.118. The van der Waals surface area contributed by atoms with Crippen molar-refractivity contribution >= 4 is 46.0 Å². The van der Waals surface area contributed by atoms with Gasteiger partial charge in [0.05, 0.1) is 16.5 Å². The van der Waals surface area contributed by atoms with Crippen molar-refractivity contribution in [2.45, 2.75) is 38.6 Å². The van der Waals surface area contributed by atoms with Gasteiger partial charge in [-0.25, -0.2) is 0 Å². The third kappa shape index (κ3) is 4.01. The number of thioether (sulfide) groups is 1. The molecule has 25 heavy (non-hydrogen) atoms. The Kier molecular flexibility index (Phi) is 6.02. The van der Waals surface area contributed by atoms with E-state index in [9.17, 15) is 9.59 Å². The molecule has 0 saturated carbocycles. The zero-order valence-corrected chi connectivity index (χ0v) is 15.9. The van der Waals surface area contributed by atoms with Gasteiger partial charge < -0.3 is 4.90 Å². The number of nitrogens with zero attached hydrogens (tertiary/aromatic N) is 3. The van der Waals surface area contributed by atoms with Gasteiger partial charge in [0.15, 0.2) is 5.17 Å². The van der Waals surface area contributed by atoms with Crippen LogP contribution in [0.4, 0.5) is 5.69 Å². The maximum Gasteiger partial charge on any atom is 0.254 e. The van der Waals surface area contributed by atoms with Gasteiger partial charge >= 0.3 is 0 Å². The number of carbonyl (C=O) groups is 2. The number of amides is 2. The summed E-state index contributed by atoms with van der Waals surface area (Å²) in [7, 11) is 0. The van der Waals surface area contributed by atoms with E-state index in [0.29, 0.717) is 27.7 Å². The van der Waals surface area contributed by atoms with Crippen LogP contribution in [0.25, 0.3) is 0 Å². The van der Waals surface area contributed by atoms with Crippen molar-refractivity contribution in [1.29, 1.82) is 0 Å². The Bertz CT molecular complexity index is 695. The van der Waals surface area contributed by atoms with Gasteiger partial charge in [-0.1, -0.05) is 42.4 Å². The Morgan fingerprint density at radius 3 is 2.92 bits per heavy atom. The van der Waals surface area contributed by atoms with Gasteiger partial charge in [0.1, 0.15) is 6.54 Å². The van der Waals surface area contributed by atoms with Gasteiger partial charge in [-0.15, -0.1) is 0 Å². The first kappa shape index (κ1) is 18.3. The van der Waals surface area contributed by atoms with Crippen LogP contribution in [0.15, 0.2) is 29.3 Å². The molecule has 0 radical (unpaired) electrons. The number of hydrogen-bond donors (Lipinski definition) is 0. The molecule has 0 unspecified atom stereocenters. The predicted octanol–water partition coefficient (Wildman–Crippen LogP) is 3.57. The minimum Gasteiger partial charge on any atom is -0.339 e. The highest BCUT2D eigenvalue weighted by Crippen LogP contribution is 2.30. The van der Waals surface area contributed by atoms with Gasteiger partial charge in [-0.2, -0.15) is 0 Å². The number of amidine groups is 1. The molecule has 0 bridgehead atoms. The van der Waals surface area contributed by atoms with E-state index in [1.807, 2.05) is 17.0 Å². The van der Waals surface area contributed by atoms with E-state index < -0.39 is 0 Å². The van der Waals surface area contributed by atoms with Crippen LogP contribution in [0, 0.1) is 0 Å². The minimum absolute atomic E-state index is 0.100. The van der Waals surface area contributed by atoms with Crippen LogP contribution in [0.3, 0.4) is 0 Å². The van der Waals surface area contributed by atoms with Crippen LogP contribution >= 0.6 is 23.4 Å². The predicted molar refractivity (Wildman–Crippen MR) is 103 cm³/mol. The number of likely N-dealkylation sites (tertiary alicyclic amines) is 1. The van der Waals surface area contributed by atoms with E-state index >= 15 is 0 Å². The summed E-state index contributed by atoms with van der Waals surface area (Å²) in [5.74, 6) is 0.300. The molecule has 0 spiro atoms. The van der Waals surface area contributed by atoms with E-state index in [1.54, 1.807) is 12.1 Å². The zero-order valence-electron chi connectivity index (χ0n) is 14.3. The number of rotatable bonds is 4. The highest BCUT2D eigenvalue weighted by Gasteiger charge is 2.31. The van der Waals surface area contributed by atoms with Gasteiger partial charge in [0.2, 0.25) is 5.91 Å². The molecule has 2 heterocycles. The van der Waals surface area contributed by atoms with Crippen molar-refractivity contribution in [3.8, 4) is 0 Å². The SMILES string of the molecule is CC[C@H]1CCCCN1C(=O)CSC1=NCC(=O)N1c1ccccc1Cl. The second-order valence-electron chi connectivity index (χ2n) is 6.21. The van der Waals surface area contributed by atoms with Crippen LogP contribution in [0.1, 0.15) is 32.6 Å². The van der Waals surface area contributed by atoms with Crippen LogP contribution in [0.2, 0.25) is 5.02 Å². The van der Waals surface area contributed by atoms with Gasteiger partial charge in [-0.05, 0) is 37.8 Å². The number of halogens is 1. The standard InChI is InChI=1S/C18H22ClN3O2S/c1-2-13-7-5-6-10-21(13)17(24)12-25-18-20-11-16(23)22(18)15-9-4-3-8-14(15)19/h3-4,8-9,13H,2,5-7,10-12H2,1H3/t13-/m0/s1. The average molecular weight is 380 g/mol. The highest BCUT2D eigenvalue weighted by atomic mass is 35.5. The van der Waals surface area contributed by atoms with Gasteiger partial charge in [0.25, 0.3) is 5.91 Å². The maximum absolute atomic E-state index is 12.6. The second kappa shape index (κ2) is 8.23. The summed E-state index contributed by atoms with van der Waals surface area (Å²) in [6.45, 7) is 3.06. The number of anilines is 1. The number of para-hydroxylation sites is 1. The van der Waals surface area contributed by atoms with Crippen molar-refractivity contribution in [1.82, 2.24) is 4.90 Å². The summed E-state index contributed by atoms with van der Waals surface area (Å²) in [5.41, 5.74) is 0.620. The molecule has 1 aromatic rings. The Morgan fingerprint density at radius 1 is 1.36 bits per heavy atom. The molecule has 2 aliphatic heterocycles. The number of benzene rings is 1. The van der Waals surface area contributed by atoms with Crippen molar-refractivity contribution in [2.75, 3.05) is 23.7 Å². The fraction of sp³-hybridized carbons (Fsp3) is 0.500. The molecule has 1 fully saturated rings. The van der Waals surface area contributed by atoms with E-state index in [2.05, 4.69) is 11.9 Å². The first-order valence-corrected chi connectivity index (χ1v) is 10.0. The zero-order chi connectivity index (χ0) is 17.8. The lowest BCUT2D eigenvalue weighted by molar-refractivity contribution is -0.132. The molecule has 7 heteroatoms. The van der Waals surface area contributed by atoms with Gasteiger partial charge in [-0.3, -0.25) is 19.5 Å². The Hall–Kier alpha value is -1.53. The van der Waals surface area contributed by atoms with Crippen LogP contribution < -0.4 is 4.90 Å². The molecular weight excluding hydrogens is 358 g/mol. The quantitative estimate of drug-likeness (QED) is 0.803. The summed E-state index contributed by atoms with van der Waals surface area (Å²) < 4.78 is 0. The molecule has 2 aliphatic rings. The first-order chi connectivity index (χ1) is 12.1. The summed E-state index contributed by atoms with van der Waals surface area (Å²) in [6.07, 6.45) is 4.33.